The van der Waals surface area contributed by atoms with E-state index in [1.807, 2.05) is 9.80 Å². The summed E-state index contributed by atoms with van der Waals surface area (Å²) in [5.74, 6) is 0.0467. The number of sulfonamides is 1. The molecule has 0 radical (unpaired) electrons. The van der Waals surface area contributed by atoms with Gasteiger partial charge in [-0.05, 0) is 52.2 Å². The number of Topliss-reactive ketones (excluding diaryl/α,β-unsaturated/α-hetero) is 1. The molecule has 1 amide bonds. The molecule has 0 spiro atoms. The van der Waals surface area contributed by atoms with Gasteiger partial charge in [-0.1, -0.05) is 12.1 Å². The Morgan fingerprint density at radius 1 is 0.966 bits per heavy atom. The SMILES string of the molecule is CC(=O)c1ccc(S(=O)(=O)N2CCN(CC(=O)N3[C@@H](C)CCC[C@@H]3C)CC2)cc1. The van der Waals surface area contributed by atoms with E-state index in [9.17, 15) is 18.0 Å². The van der Waals surface area contributed by atoms with Crippen LogP contribution in [0.3, 0.4) is 0 Å². The van der Waals surface area contributed by atoms with Crippen molar-refractivity contribution in [1.29, 1.82) is 0 Å². The molecule has 2 atom stereocenters. The van der Waals surface area contributed by atoms with Gasteiger partial charge in [0.1, 0.15) is 0 Å². The maximum absolute atomic E-state index is 12.9. The van der Waals surface area contributed by atoms with E-state index < -0.39 is 10.0 Å². The van der Waals surface area contributed by atoms with Crippen molar-refractivity contribution in [2.45, 2.75) is 57.0 Å². The molecule has 0 unspecified atom stereocenters. The van der Waals surface area contributed by atoms with Gasteiger partial charge in [0.15, 0.2) is 5.78 Å². The predicted octanol–water partition coefficient (Wildman–Crippen LogP) is 1.98. The van der Waals surface area contributed by atoms with Crippen LogP contribution in [0.25, 0.3) is 0 Å². The van der Waals surface area contributed by atoms with Crippen LogP contribution in [0.5, 0.6) is 0 Å². The molecule has 29 heavy (non-hydrogen) atoms. The van der Waals surface area contributed by atoms with E-state index in [2.05, 4.69) is 13.8 Å². The van der Waals surface area contributed by atoms with Gasteiger partial charge in [0, 0.05) is 43.8 Å². The van der Waals surface area contributed by atoms with Gasteiger partial charge < -0.3 is 4.90 Å². The van der Waals surface area contributed by atoms with Crippen LogP contribution in [0.15, 0.2) is 29.2 Å². The topological polar surface area (TPSA) is 78.0 Å². The monoisotopic (exact) mass is 421 g/mol. The minimum Gasteiger partial charge on any atom is -0.336 e. The highest BCUT2D eigenvalue weighted by molar-refractivity contribution is 7.89. The number of amides is 1. The number of carbonyl (C=O) groups is 2. The van der Waals surface area contributed by atoms with E-state index in [-0.39, 0.29) is 28.7 Å². The number of likely N-dealkylation sites (tertiary alicyclic amines) is 1. The first kappa shape index (κ1) is 21.9. The molecular formula is C21H31N3O4S. The first-order chi connectivity index (χ1) is 13.7. The Morgan fingerprint density at radius 2 is 1.52 bits per heavy atom. The standard InChI is InChI=1S/C21H31N3O4S/c1-16-5-4-6-17(2)24(16)21(26)15-22-11-13-23(14-12-22)29(27,28)20-9-7-19(8-10-20)18(3)25/h7-10,16-17H,4-6,11-15H2,1-3H3/t16-,17-/m0/s1. The Labute approximate surface area is 173 Å². The maximum Gasteiger partial charge on any atom is 0.243 e. The molecule has 8 heteroatoms. The van der Waals surface area contributed by atoms with Gasteiger partial charge >= 0.3 is 0 Å². The predicted molar refractivity (Wildman–Crippen MR) is 111 cm³/mol. The summed E-state index contributed by atoms with van der Waals surface area (Å²) in [5, 5.41) is 0. The Bertz CT molecular complexity index is 835. The average molecular weight is 422 g/mol. The number of hydrogen-bond acceptors (Lipinski definition) is 5. The highest BCUT2D eigenvalue weighted by Gasteiger charge is 2.32. The summed E-state index contributed by atoms with van der Waals surface area (Å²) in [6, 6.07) is 6.61. The molecule has 0 saturated carbocycles. The average Bonchev–Trinajstić information content (AvgIpc) is 2.68. The van der Waals surface area contributed by atoms with Crippen LogP contribution >= 0.6 is 0 Å². The molecule has 2 aliphatic heterocycles. The lowest BCUT2D eigenvalue weighted by molar-refractivity contribution is -0.138. The Morgan fingerprint density at radius 3 is 2.03 bits per heavy atom. The number of benzene rings is 1. The summed E-state index contributed by atoms with van der Waals surface area (Å²) in [6.07, 6.45) is 3.26. The van der Waals surface area contributed by atoms with E-state index in [1.54, 1.807) is 12.1 Å². The van der Waals surface area contributed by atoms with Gasteiger partial charge in [0.25, 0.3) is 0 Å². The molecule has 1 aromatic rings. The van der Waals surface area contributed by atoms with Gasteiger partial charge in [-0.25, -0.2) is 8.42 Å². The van der Waals surface area contributed by atoms with Crippen molar-refractivity contribution in [1.82, 2.24) is 14.1 Å². The molecule has 160 valence electrons. The van der Waals surface area contributed by atoms with Gasteiger partial charge in [-0.3, -0.25) is 14.5 Å². The van der Waals surface area contributed by atoms with Crippen molar-refractivity contribution in [3.05, 3.63) is 29.8 Å². The number of carbonyl (C=O) groups excluding carboxylic acids is 2. The molecule has 3 rings (SSSR count). The molecular weight excluding hydrogens is 390 g/mol. The van der Waals surface area contributed by atoms with Crippen molar-refractivity contribution in [3.63, 3.8) is 0 Å². The Balaban J connectivity index is 1.58. The Kier molecular flexibility index (Phi) is 6.76. The third-order valence-corrected chi connectivity index (χ3v) is 7.98. The van der Waals surface area contributed by atoms with Gasteiger partial charge in [0.05, 0.1) is 11.4 Å². The number of nitrogens with zero attached hydrogens (tertiary/aromatic N) is 3. The quantitative estimate of drug-likeness (QED) is 0.680. The number of rotatable bonds is 5. The zero-order chi connectivity index (χ0) is 21.2. The number of piperazine rings is 1. The molecule has 0 aromatic heterocycles. The lowest BCUT2D eigenvalue weighted by Crippen LogP contribution is -2.54. The van der Waals surface area contributed by atoms with E-state index in [0.717, 1.165) is 19.3 Å². The zero-order valence-corrected chi connectivity index (χ0v) is 18.3. The van der Waals surface area contributed by atoms with Crippen molar-refractivity contribution < 1.29 is 18.0 Å². The largest absolute Gasteiger partial charge is 0.336 e. The first-order valence-electron chi connectivity index (χ1n) is 10.3. The van der Waals surface area contributed by atoms with E-state index >= 15 is 0 Å². The van der Waals surface area contributed by atoms with Crippen LogP contribution in [0.2, 0.25) is 0 Å². The fraction of sp³-hybridized carbons (Fsp3) is 0.619. The van der Waals surface area contributed by atoms with Crippen molar-refractivity contribution in [2.75, 3.05) is 32.7 Å². The summed E-state index contributed by atoms with van der Waals surface area (Å²) in [6.45, 7) is 7.79. The molecule has 2 aliphatic rings. The van der Waals surface area contributed by atoms with Crippen LogP contribution < -0.4 is 0 Å². The molecule has 1 aromatic carbocycles. The first-order valence-corrected chi connectivity index (χ1v) is 11.8. The van der Waals surface area contributed by atoms with Crippen molar-refractivity contribution >= 4 is 21.7 Å². The Hall–Kier alpha value is -1.77. The number of ketones is 1. The minimum atomic E-state index is -3.59. The molecule has 0 N–H and O–H groups in total. The van der Waals surface area contributed by atoms with E-state index in [4.69, 9.17) is 0 Å². The zero-order valence-electron chi connectivity index (χ0n) is 17.5. The highest BCUT2D eigenvalue weighted by atomic mass is 32.2. The van der Waals surface area contributed by atoms with Crippen molar-refractivity contribution in [3.8, 4) is 0 Å². The minimum absolute atomic E-state index is 0.0930. The van der Waals surface area contributed by atoms with Crippen molar-refractivity contribution in [2.24, 2.45) is 0 Å². The van der Waals surface area contributed by atoms with Crippen LogP contribution in [-0.2, 0) is 14.8 Å². The summed E-state index contributed by atoms with van der Waals surface area (Å²) in [7, 11) is -3.59. The molecule has 2 fully saturated rings. The fourth-order valence-electron chi connectivity index (χ4n) is 4.32. The summed E-state index contributed by atoms with van der Waals surface area (Å²) < 4.78 is 27.2. The lowest BCUT2D eigenvalue weighted by atomic mass is 9.97. The third-order valence-electron chi connectivity index (χ3n) is 6.07. The lowest BCUT2D eigenvalue weighted by Gasteiger charge is -2.41. The second-order valence-electron chi connectivity index (χ2n) is 8.19. The smallest absolute Gasteiger partial charge is 0.243 e. The van der Waals surface area contributed by atoms with E-state index in [0.29, 0.717) is 38.3 Å². The maximum atomic E-state index is 12.9. The fourth-order valence-corrected chi connectivity index (χ4v) is 5.75. The van der Waals surface area contributed by atoms with Gasteiger partial charge in [-0.15, -0.1) is 0 Å². The molecule has 7 nitrogen and oxygen atoms in total. The third kappa shape index (κ3) is 4.87. The summed E-state index contributed by atoms with van der Waals surface area (Å²) in [4.78, 5) is 28.4. The second kappa shape index (κ2) is 8.93. The highest BCUT2D eigenvalue weighted by Crippen LogP contribution is 2.23. The summed E-state index contributed by atoms with van der Waals surface area (Å²) >= 11 is 0. The van der Waals surface area contributed by atoms with E-state index in [1.165, 1.54) is 23.4 Å². The second-order valence-corrected chi connectivity index (χ2v) is 10.1. The van der Waals surface area contributed by atoms with Crippen LogP contribution in [0.1, 0.15) is 50.4 Å². The number of hydrogen-bond donors (Lipinski definition) is 0. The normalized spacial score (nSPS) is 24.4. The van der Waals surface area contributed by atoms with Gasteiger partial charge in [0.2, 0.25) is 15.9 Å². The van der Waals surface area contributed by atoms with Crippen LogP contribution in [0, 0.1) is 0 Å². The number of piperidine rings is 1. The molecule has 0 bridgehead atoms. The molecule has 2 heterocycles. The van der Waals surface area contributed by atoms with Gasteiger partial charge in [-0.2, -0.15) is 4.31 Å². The molecule has 0 aliphatic carbocycles. The van der Waals surface area contributed by atoms with Crippen LogP contribution in [0.4, 0.5) is 0 Å². The summed E-state index contributed by atoms with van der Waals surface area (Å²) in [5.41, 5.74) is 0.494. The molecule has 2 saturated heterocycles. The van der Waals surface area contributed by atoms with Crippen LogP contribution in [-0.4, -0.2) is 79.0 Å².